The smallest absolute Gasteiger partial charge is 0.329 e. The number of rotatable bonds is 5. The van der Waals surface area contributed by atoms with Gasteiger partial charge in [-0.2, -0.15) is 0 Å². The van der Waals surface area contributed by atoms with E-state index < -0.39 is 11.9 Å². The van der Waals surface area contributed by atoms with Crippen molar-refractivity contribution >= 4 is 78.3 Å². The van der Waals surface area contributed by atoms with Gasteiger partial charge in [0, 0.05) is 86.3 Å². The van der Waals surface area contributed by atoms with Gasteiger partial charge in [-0.05, 0) is 81.3 Å². The van der Waals surface area contributed by atoms with Crippen LogP contribution in [0.5, 0.6) is 0 Å². The summed E-state index contributed by atoms with van der Waals surface area (Å²) < 4.78 is 4.34. The predicted molar refractivity (Wildman–Crippen MR) is 212 cm³/mol. The molecular formula is C40H45N9O4S. The molecule has 9 heterocycles. The fourth-order valence-corrected chi connectivity index (χ4v) is 11.0. The first-order valence-corrected chi connectivity index (χ1v) is 20.2. The average molecular weight is 748 g/mol. The molecule has 6 aliphatic heterocycles. The number of benzene rings is 2. The molecule has 0 aliphatic carbocycles. The van der Waals surface area contributed by atoms with E-state index in [1.165, 1.54) is 12.8 Å². The van der Waals surface area contributed by atoms with Gasteiger partial charge in [0.25, 0.3) is 5.91 Å². The minimum absolute atomic E-state index is 0.00847. The maximum absolute atomic E-state index is 13.5. The van der Waals surface area contributed by atoms with Crippen LogP contribution in [0.3, 0.4) is 0 Å². The summed E-state index contributed by atoms with van der Waals surface area (Å²) in [5.74, 6) is 0.940. The number of amides is 3. The number of hydrogen-bond acceptors (Lipinski definition) is 10. The Balaban J connectivity index is 0.820. The van der Waals surface area contributed by atoms with E-state index in [1.54, 1.807) is 27.5 Å². The highest BCUT2D eigenvalue weighted by Crippen LogP contribution is 2.42. The van der Waals surface area contributed by atoms with E-state index >= 15 is 0 Å². The number of imide groups is 1. The molecule has 4 atom stereocenters. The number of carbonyl (C=O) groups is 3. The lowest BCUT2D eigenvalue weighted by atomic mass is 9.88. The predicted octanol–water partition coefficient (Wildman–Crippen LogP) is 4.19. The summed E-state index contributed by atoms with van der Waals surface area (Å²) in [5, 5.41) is 11.2. The van der Waals surface area contributed by atoms with Gasteiger partial charge in [0.15, 0.2) is 0 Å². The molecule has 0 spiro atoms. The van der Waals surface area contributed by atoms with Crippen LogP contribution in [0.1, 0.15) is 61.2 Å². The Morgan fingerprint density at radius 3 is 2.56 bits per heavy atom. The summed E-state index contributed by atoms with van der Waals surface area (Å²) in [5.41, 5.74) is 4.27. The van der Waals surface area contributed by atoms with E-state index in [0.717, 1.165) is 99.7 Å². The van der Waals surface area contributed by atoms with Crippen LogP contribution in [0.2, 0.25) is 0 Å². The second-order valence-corrected chi connectivity index (χ2v) is 17.0. The van der Waals surface area contributed by atoms with Crippen LogP contribution in [0, 0.1) is 5.92 Å². The number of aryl methyl sites for hydroxylation is 1. The van der Waals surface area contributed by atoms with Crippen LogP contribution in [0.4, 0.5) is 17.2 Å². The molecule has 2 bridgehead atoms. The number of carbonyl (C=O) groups excluding carboxylic acids is 3. The topological polar surface area (TPSA) is 137 Å². The number of piperazine rings is 1. The lowest BCUT2D eigenvalue weighted by Crippen LogP contribution is -2.63. The highest BCUT2D eigenvalue weighted by molar-refractivity contribution is 7.21. The molecule has 11 rings (SSSR count). The lowest BCUT2D eigenvalue weighted by molar-refractivity contribution is -0.135. The van der Waals surface area contributed by atoms with E-state index in [1.807, 2.05) is 19.1 Å². The molecule has 3 N–H and O–H groups in total. The number of imidazole rings is 1. The molecule has 13 nitrogen and oxygen atoms in total. The first kappa shape index (κ1) is 33.6. The monoisotopic (exact) mass is 747 g/mol. The van der Waals surface area contributed by atoms with Crippen molar-refractivity contribution in [3.8, 4) is 0 Å². The number of fused-ring (bicyclic) bond motifs is 9. The van der Waals surface area contributed by atoms with Gasteiger partial charge in [0.05, 0.1) is 27.9 Å². The average Bonchev–Trinajstić information content (AvgIpc) is 3.64. The summed E-state index contributed by atoms with van der Waals surface area (Å²) in [7, 11) is 1.78. The Kier molecular flexibility index (Phi) is 7.99. The fourth-order valence-electron chi connectivity index (χ4n) is 9.89. The largest absolute Gasteiger partial charge is 0.381 e. The molecule has 3 amide bonds. The van der Waals surface area contributed by atoms with Gasteiger partial charge in [-0.25, -0.2) is 9.78 Å². The summed E-state index contributed by atoms with van der Waals surface area (Å²) in [6, 6.07) is 14.9. The number of pyridine rings is 1. The first-order valence-electron chi connectivity index (χ1n) is 19.4. The van der Waals surface area contributed by atoms with Gasteiger partial charge >= 0.3 is 5.69 Å². The van der Waals surface area contributed by atoms with Crippen molar-refractivity contribution < 1.29 is 14.4 Å². The molecule has 0 radical (unpaired) electrons. The van der Waals surface area contributed by atoms with Crippen molar-refractivity contribution in [1.82, 2.24) is 29.7 Å². The molecule has 0 saturated carbocycles. The standard InChI is InChI=1S/C40H45N9O4S/c1-22-18-41-35-34-26-8-12-32(43-27(26)9-11-31(34)54-37(35)39(52)42-22)48-21-24-6-7-25(48)20-47(24)19-23-14-16-46(17-15-23)28-4-3-5-29-36(28)45(2)40(53)49(29)30-10-13-33(50)44-38(30)51/h3-5,8-9,11-12,22-25,30,41H,6-7,10,13-21H2,1-2H3,(H,42,52)(H,44,50,51)/t22-,24-,25-,30?/m1/s1. The van der Waals surface area contributed by atoms with E-state index in [4.69, 9.17) is 4.98 Å². The quantitative estimate of drug-likeness (QED) is 0.226. The summed E-state index contributed by atoms with van der Waals surface area (Å²) in [6.07, 6.45) is 5.10. The van der Waals surface area contributed by atoms with Gasteiger partial charge < -0.3 is 20.4 Å². The zero-order valence-corrected chi connectivity index (χ0v) is 31.5. The van der Waals surface area contributed by atoms with Crippen LogP contribution in [-0.4, -0.2) is 94.1 Å². The van der Waals surface area contributed by atoms with Crippen LogP contribution in [-0.2, 0) is 16.6 Å². The maximum Gasteiger partial charge on any atom is 0.329 e. The van der Waals surface area contributed by atoms with Crippen LogP contribution in [0.15, 0.2) is 47.3 Å². The molecule has 54 heavy (non-hydrogen) atoms. The number of piperidine rings is 4. The van der Waals surface area contributed by atoms with Gasteiger partial charge in [0.1, 0.15) is 16.7 Å². The number of thiophene rings is 1. The summed E-state index contributed by atoms with van der Waals surface area (Å²) in [6.45, 7) is 7.68. The first-order chi connectivity index (χ1) is 26.2. The van der Waals surface area contributed by atoms with Crippen molar-refractivity contribution in [2.75, 3.05) is 54.4 Å². The van der Waals surface area contributed by atoms with Crippen LogP contribution < -0.4 is 31.4 Å². The number of nitrogens with zero attached hydrogens (tertiary/aromatic N) is 6. The highest BCUT2D eigenvalue weighted by Gasteiger charge is 2.41. The fraction of sp³-hybridized carbons (Fsp3) is 0.475. The third-order valence-corrected chi connectivity index (χ3v) is 13.8. The van der Waals surface area contributed by atoms with Gasteiger partial charge in [-0.1, -0.05) is 6.07 Å². The minimum atomic E-state index is -0.688. The molecule has 2 aromatic carbocycles. The second kappa shape index (κ2) is 12.8. The molecule has 5 fully saturated rings. The normalized spacial score (nSPS) is 25.3. The van der Waals surface area contributed by atoms with Crippen molar-refractivity contribution in [2.24, 2.45) is 13.0 Å². The molecule has 5 aromatic rings. The van der Waals surface area contributed by atoms with E-state index in [9.17, 15) is 19.2 Å². The van der Waals surface area contributed by atoms with Crippen molar-refractivity contribution in [3.05, 3.63) is 57.8 Å². The highest BCUT2D eigenvalue weighted by atomic mass is 32.1. The molecule has 280 valence electrons. The third kappa shape index (κ3) is 5.39. The van der Waals surface area contributed by atoms with Crippen molar-refractivity contribution in [2.45, 2.75) is 69.6 Å². The minimum Gasteiger partial charge on any atom is -0.381 e. The molecule has 1 unspecified atom stereocenters. The Bertz CT molecular complexity index is 2430. The van der Waals surface area contributed by atoms with Gasteiger partial charge in [-0.15, -0.1) is 11.3 Å². The Hall–Kier alpha value is -4.95. The number of aromatic nitrogens is 3. The van der Waals surface area contributed by atoms with Crippen molar-refractivity contribution in [1.29, 1.82) is 0 Å². The van der Waals surface area contributed by atoms with Crippen molar-refractivity contribution in [3.63, 3.8) is 0 Å². The summed E-state index contributed by atoms with van der Waals surface area (Å²) in [4.78, 5) is 64.6. The molecule has 6 aliphatic rings. The molecule has 5 saturated heterocycles. The number of para-hydroxylation sites is 1. The second-order valence-electron chi connectivity index (χ2n) is 16.0. The van der Waals surface area contributed by atoms with E-state index in [-0.39, 0.29) is 30.0 Å². The van der Waals surface area contributed by atoms with E-state index in [0.29, 0.717) is 31.0 Å². The van der Waals surface area contributed by atoms with Crippen LogP contribution in [0.25, 0.3) is 32.0 Å². The lowest BCUT2D eigenvalue weighted by Gasteiger charge is -2.53. The number of nitrogens with one attached hydrogen (secondary N) is 3. The van der Waals surface area contributed by atoms with Crippen LogP contribution >= 0.6 is 11.3 Å². The molecule has 14 heteroatoms. The van der Waals surface area contributed by atoms with E-state index in [2.05, 4.69) is 61.0 Å². The zero-order valence-electron chi connectivity index (χ0n) is 30.6. The Labute approximate surface area is 316 Å². The maximum atomic E-state index is 13.5. The molecule has 3 aromatic heterocycles. The SMILES string of the molecule is C[C@@H]1CNc2c(sc3ccc4nc(N5C[C@H]6CC[C@@H]5CN6CC5CCN(c6cccc7c6n(C)c(=O)n7C6CCC(=O)NC6=O)CC5)ccc4c23)C(=O)N1. The molecular weight excluding hydrogens is 703 g/mol. The number of anilines is 3. The summed E-state index contributed by atoms with van der Waals surface area (Å²) >= 11 is 1.55. The Morgan fingerprint density at radius 2 is 1.76 bits per heavy atom. The number of hydrogen-bond donors (Lipinski definition) is 3. The van der Waals surface area contributed by atoms with Gasteiger partial charge in [-0.3, -0.25) is 33.7 Å². The van der Waals surface area contributed by atoms with Gasteiger partial charge in [0.2, 0.25) is 11.8 Å². The third-order valence-electron chi connectivity index (χ3n) is 12.7. The Morgan fingerprint density at radius 1 is 0.926 bits per heavy atom. The zero-order chi connectivity index (χ0) is 36.8.